The van der Waals surface area contributed by atoms with Gasteiger partial charge in [0.1, 0.15) is 0 Å². The molecule has 102 valence electrons. The monoisotopic (exact) mass is 270 g/mol. The van der Waals surface area contributed by atoms with E-state index in [9.17, 15) is 8.42 Å². The van der Waals surface area contributed by atoms with Gasteiger partial charge in [-0.1, -0.05) is 32.9 Å². The van der Waals surface area contributed by atoms with Gasteiger partial charge in [0.2, 0.25) is 10.0 Å². The van der Waals surface area contributed by atoms with Crippen molar-refractivity contribution in [3.63, 3.8) is 0 Å². The molecule has 0 bridgehead atoms. The van der Waals surface area contributed by atoms with Gasteiger partial charge in [0.05, 0.1) is 4.90 Å². The van der Waals surface area contributed by atoms with Crippen LogP contribution in [0.4, 0.5) is 0 Å². The van der Waals surface area contributed by atoms with Crippen molar-refractivity contribution in [1.29, 1.82) is 0 Å². The fourth-order valence-electron chi connectivity index (χ4n) is 1.45. The highest BCUT2D eigenvalue weighted by Crippen LogP contribution is 2.11. The molecule has 1 aromatic rings. The fraction of sp³-hybridized carbons (Fsp3) is 0.538. The Bertz CT molecular complexity index is 470. The molecule has 2 N–H and O–H groups in total. The maximum atomic E-state index is 12.0. The van der Waals surface area contributed by atoms with Crippen LogP contribution in [0.1, 0.15) is 26.3 Å². The maximum Gasteiger partial charge on any atom is 0.240 e. The predicted molar refractivity (Wildman–Crippen MR) is 73.8 cm³/mol. The molecule has 0 atom stereocenters. The highest BCUT2D eigenvalue weighted by atomic mass is 32.2. The lowest BCUT2D eigenvalue weighted by atomic mass is 10.2. The van der Waals surface area contributed by atoms with Gasteiger partial charge >= 0.3 is 0 Å². The summed E-state index contributed by atoms with van der Waals surface area (Å²) in [5.74, 6) is 0.296. The standard InChI is InChI=1S/C13H22N2O2S/c1-4-14-10-12-6-5-7-13(8-12)18(16,17)15-9-11(2)3/h5-8,11,14-15H,4,9-10H2,1-3H3. The molecule has 0 aromatic heterocycles. The molecule has 0 aliphatic rings. The summed E-state index contributed by atoms with van der Waals surface area (Å²) in [7, 11) is -3.38. The van der Waals surface area contributed by atoms with Gasteiger partial charge < -0.3 is 5.32 Å². The summed E-state index contributed by atoms with van der Waals surface area (Å²) in [6.45, 7) is 7.98. The largest absolute Gasteiger partial charge is 0.313 e. The van der Waals surface area contributed by atoms with Crippen molar-refractivity contribution in [2.45, 2.75) is 32.2 Å². The summed E-state index contributed by atoms with van der Waals surface area (Å²) < 4.78 is 26.7. The van der Waals surface area contributed by atoms with E-state index in [1.165, 1.54) is 0 Å². The van der Waals surface area contributed by atoms with Gasteiger partial charge in [0, 0.05) is 13.1 Å². The first-order chi connectivity index (χ1) is 8.45. The summed E-state index contributed by atoms with van der Waals surface area (Å²) in [5.41, 5.74) is 0.976. The van der Waals surface area contributed by atoms with Gasteiger partial charge in [-0.15, -0.1) is 0 Å². The quantitative estimate of drug-likeness (QED) is 0.793. The lowest BCUT2D eigenvalue weighted by Gasteiger charge is -2.10. The molecule has 0 aliphatic carbocycles. The molecular weight excluding hydrogens is 248 g/mol. The van der Waals surface area contributed by atoms with Gasteiger partial charge in [-0.25, -0.2) is 13.1 Å². The number of sulfonamides is 1. The van der Waals surface area contributed by atoms with Crippen molar-refractivity contribution >= 4 is 10.0 Å². The van der Waals surface area contributed by atoms with Crippen molar-refractivity contribution in [1.82, 2.24) is 10.0 Å². The van der Waals surface area contributed by atoms with E-state index in [0.29, 0.717) is 23.9 Å². The minimum atomic E-state index is -3.38. The first-order valence-corrected chi connectivity index (χ1v) is 7.73. The summed E-state index contributed by atoms with van der Waals surface area (Å²) in [5, 5.41) is 3.18. The third-order valence-electron chi connectivity index (χ3n) is 2.47. The Morgan fingerprint density at radius 2 is 2.00 bits per heavy atom. The highest BCUT2D eigenvalue weighted by Gasteiger charge is 2.14. The molecule has 1 rings (SSSR count). The van der Waals surface area contributed by atoms with E-state index >= 15 is 0 Å². The van der Waals surface area contributed by atoms with Crippen molar-refractivity contribution in [2.24, 2.45) is 5.92 Å². The second kappa shape index (κ2) is 6.87. The molecule has 18 heavy (non-hydrogen) atoms. The van der Waals surface area contributed by atoms with E-state index in [1.54, 1.807) is 18.2 Å². The molecule has 0 radical (unpaired) electrons. The van der Waals surface area contributed by atoms with E-state index in [4.69, 9.17) is 0 Å². The van der Waals surface area contributed by atoms with Crippen molar-refractivity contribution in [2.75, 3.05) is 13.1 Å². The minimum Gasteiger partial charge on any atom is -0.313 e. The lowest BCUT2D eigenvalue weighted by Crippen LogP contribution is -2.27. The SMILES string of the molecule is CCNCc1cccc(S(=O)(=O)NCC(C)C)c1. The van der Waals surface area contributed by atoms with E-state index in [-0.39, 0.29) is 0 Å². The van der Waals surface area contributed by atoms with Crippen LogP contribution in [0.3, 0.4) is 0 Å². The first kappa shape index (κ1) is 15.1. The molecule has 0 saturated heterocycles. The third kappa shape index (κ3) is 4.76. The molecule has 1 aromatic carbocycles. The van der Waals surface area contributed by atoms with Crippen molar-refractivity contribution in [3.8, 4) is 0 Å². The van der Waals surface area contributed by atoms with Crippen LogP contribution in [0.2, 0.25) is 0 Å². The molecule has 0 spiro atoms. The van der Waals surface area contributed by atoms with Crippen LogP contribution in [-0.4, -0.2) is 21.5 Å². The van der Waals surface area contributed by atoms with Gasteiger partial charge in [-0.05, 0) is 30.2 Å². The van der Waals surface area contributed by atoms with Gasteiger partial charge in [-0.2, -0.15) is 0 Å². The smallest absolute Gasteiger partial charge is 0.240 e. The summed E-state index contributed by atoms with van der Waals surface area (Å²) in [6.07, 6.45) is 0. The number of rotatable bonds is 7. The van der Waals surface area contributed by atoms with E-state index < -0.39 is 10.0 Å². The van der Waals surface area contributed by atoms with Crippen molar-refractivity contribution < 1.29 is 8.42 Å². The average molecular weight is 270 g/mol. The number of hydrogen-bond donors (Lipinski definition) is 2. The van der Waals surface area contributed by atoms with Crippen LogP contribution in [-0.2, 0) is 16.6 Å². The fourth-order valence-corrected chi connectivity index (χ4v) is 2.74. The summed E-state index contributed by atoms with van der Waals surface area (Å²) in [4.78, 5) is 0.332. The maximum absolute atomic E-state index is 12.0. The van der Waals surface area contributed by atoms with Crippen LogP contribution in [0.25, 0.3) is 0 Å². The molecular formula is C13H22N2O2S. The van der Waals surface area contributed by atoms with Gasteiger partial charge in [0.25, 0.3) is 0 Å². The normalized spacial score (nSPS) is 12.0. The zero-order valence-electron chi connectivity index (χ0n) is 11.2. The van der Waals surface area contributed by atoms with Gasteiger partial charge in [-0.3, -0.25) is 0 Å². The zero-order valence-corrected chi connectivity index (χ0v) is 12.0. The lowest BCUT2D eigenvalue weighted by molar-refractivity contribution is 0.560. The van der Waals surface area contributed by atoms with Crippen LogP contribution >= 0.6 is 0 Å². The molecule has 0 heterocycles. The van der Waals surface area contributed by atoms with Crippen LogP contribution in [0.5, 0.6) is 0 Å². The minimum absolute atomic E-state index is 0.296. The summed E-state index contributed by atoms with van der Waals surface area (Å²) >= 11 is 0. The second-order valence-electron chi connectivity index (χ2n) is 4.67. The van der Waals surface area contributed by atoms with E-state index in [0.717, 1.165) is 12.1 Å². The average Bonchev–Trinajstić information content (AvgIpc) is 2.34. The molecule has 0 saturated carbocycles. The topological polar surface area (TPSA) is 58.2 Å². The van der Waals surface area contributed by atoms with Crippen LogP contribution < -0.4 is 10.0 Å². The zero-order chi connectivity index (χ0) is 13.6. The number of hydrogen-bond acceptors (Lipinski definition) is 3. The Hall–Kier alpha value is -0.910. The van der Waals surface area contributed by atoms with Crippen molar-refractivity contribution in [3.05, 3.63) is 29.8 Å². The third-order valence-corrected chi connectivity index (χ3v) is 3.89. The Morgan fingerprint density at radius 3 is 2.61 bits per heavy atom. The molecule has 0 aliphatic heterocycles. The Labute approximate surface area is 110 Å². The molecule has 0 amide bonds. The number of nitrogens with one attached hydrogen (secondary N) is 2. The Morgan fingerprint density at radius 1 is 1.28 bits per heavy atom. The number of benzene rings is 1. The van der Waals surface area contributed by atoms with Crippen LogP contribution in [0.15, 0.2) is 29.2 Å². The molecule has 4 nitrogen and oxygen atoms in total. The Kier molecular flexibility index (Phi) is 5.78. The van der Waals surface area contributed by atoms with Gasteiger partial charge in [0.15, 0.2) is 0 Å². The molecule has 5 heteroatoms. The highest BCUT2D eigenvalue weighted by molar-refractivity contribution is 7.89. The Balaban J connectivity index is 2.81. The van der Waals surface area contributed by atoms with Crippen LogP contribution in [0, 0.1) is 5.92 Å². The van der Waals surface area contributed by atoms with E-state index in [2.05, 4.69) is 10.0 Å². The predicted octanol–water partition coefficient (Wildman–Crippen LogP) is 1.73. The molecule has 0 unspecified atom stereocenters. The molecule has 0 fully saturated rings. The first-order valence-electron chi connectivity index (χ1n) is 6.25. The van der Waals surface area contributed by atoms with E-state index in [1.807, 2.05) is 26.8 Å². The summed E-state index contributed by atoms with van der Waals surface area (Å²) in [6, 6.07) is 7.03. The second-order valence-corrected chi connectivity index (χ2v) is 6.44.